The molecule has 1 saturated carbocycles. The van der Waals surface area contributed by atoms with E-state index in [0.717, 1.165) is 67.7 Å². The molecule has 2 fully saturated rings. The minimum atomic E-state index is 0.140. The molecule has 1 saturated heterocycles. The standard InChI is InChI=1S/C20H29N5O2/c1-4-7-25-19(16-5-6-16)17(12-21-25)20(26)24-10-8-23(9-11-24)13-18-22-14(2)15(3)27-18/h12,16H,4-11,13H2,1-3H3. The zero-order chi connectivity index (χ0) is 19.0. The highest BCUT2D eigenvalue weighted by molar-refractivity contribution is 5.95. The average Bonchev–Trinajstić information content (AvgIpc) is 3.34. The van der Waals surface area contributed by atoms with Gasteiger partial charge in [-0.2, -0.15) is 5.10 Å². The van der Waals surface area contributed by atoms with Gasteiger partial charge in [0.05, 0.1) is 29.7 Å². The van der Waals surface area contributed by atoms with Crippen LogP contribution in [0, 0.1) is 13.8 Å². The number of amides is 1. The van der Waals surface area contributed by atoms with E-state index in [4.69, 9.17) is 4.42 Å². The van der Waals surface area contributed by atoms with Gasteiger partial charge in [0.2, 0.25) is 5.89 Å². The molecule has 3 heterocycles. The van der Waals surface area contributed by atoms with Crippen molar-refractivity contribution >= 4 is 5.91 Å². The maximum atomic E-state index is 13.1. The fraction of sp³-hybridized carbons (Fsp3) is 0.650. The second-order valence-electron chi connectivity index (χ2n) is 7.76. The van der Waals surface area contributed by atoms with Crippen LogP contribution < -0.4 is 0 Å². The van der Waals surface area contributed by atoms with Gasteiger partial charge in [-0.05, 0) is 33.1 Å². The third kappa shape index (κ3) is 3.78. The largest absolute Gasteiger partial charge is 0.444 e. The van der Waals surface area contributed by atoms with Crippen molar-refractivity contribution in [3.05, 3.63) is 34.8 Å². The number of piperazine rings is 1. The van der Waals surface area contributed by atoms with E-state index < -0.39 is 0 Å². The van der Waals surface area contributed by atoms with Crippen molar-refractivity contribution in [3.8, 4) is 0 Å². The summed E-state index contributed by atoms with van der Waals surface area (Å²) in [7, 11) is 0. The van der Waals surface area contributed by atoms with E-state index in [1.54, 1.807) is 6.20 Å². The molecule has 0 N–H and O–H groups in total. The lowest BCUT2D eigenvalue weighted by Crippen LogP contribution is -2.48. The SMILES string of the molecule is CCCn1ncc(C(=O)N2CCN(Cc3nc(C)c(C)o3)CC2)c1C1CC1. The van der Waals surface area contributed by atoms with Crippen molar-refractivity contribution < 1.29 is 9.21 Å². The molecule has 0 atom stereocenters. The lowest BCUT2D eigenvalue weighted by molar-refractivity contribution is 0.0616. The van der Waals surface area contributed by atoms with E-state index in [1.807, 2.05) is 23.4 Å². The lowest BCUT2D eigenvalue weighted by Gasteiger charge is -2.34. The fourth-order valence-corrected chi connectivity index (χ4v) is 3.81. The Labute approximate surface area is 160 Å². The first-order chi connectivity index (χ1) is 13.1. The number of hydrogen-bond donors (Lipinski definition) is 0. The summed E-state index contributed by atoms with van der Waals surface area (Å²) >= 11 is 0. The van der Waals surface area contributed by atoms with Crippen LogP contribution in [-0.2, 0) is 13.1 Å². The molecule has 1 amide bonds. The Balaban J connectivity index is 1.39. The van der Waals surface area contributed by atoms with E-state index in [2.05, 4.69) is 21.9 Å². The van der Waals surface area contributed by atoms with Gasteiger partial charge < -0.3 is 9.32 Å². The molecule has 2 aromatic rings. The highest BCUT2D eigenvalue weighted by Gasteiger charge is 2.34. The number of rotatable bonds is 6. The first kappa shape index (κ1) is 18.2. The van der Waals surface area contributed by atoms with E-state index in [0.29, 0.717) is 12.5 Å². The second kappa shape index (κ2) is 7.46. The first-order valence-electron chi connectivity index (χ1n) is 10.1. The highest BCUT2D eigenvalue weighted by Crippen LogP contribution is 2.42. The van der Waals surface area contributed by atoms with Gasteiger partial charge in [-0.1, -0.05) is 6.92 Å². The van der Waals surface area contributed by atoms with Gasteiger partial charge in [0, 0.05) is 38.6 Å². The summed E-state index contributed by atoms with van der Waals surface area (Å²) in [6, 6.07) is 0. The zero-order valence-electron chi connectivity index (χ0n) is 16.6. The summed E-state index contributed by atoms with van der Waals surface area (Å²) in [6.45, 7) is 10.8. The predicted molar refractivity (Wildman–Crippen MR) is 102 cm³/mol. The molecule has 0 unspecified atom stereocenters. The molecule has 2 aromatic heterocycles. The quantitative estimate of drug-likeness (QED) is 0.781. The van der Waals surface area contributed by atoms with Crippen LogP contribution in [0.4, 0.5) is 0 Å². The molecule has 0 bridgehead atoms. The van der Waals surface area contributed by atoms with Gasteiger partial charge in [-0.25, -0.2) is 4.98 Å². The van der Waals surface area contributed by atoms with Crippen molar-refractivity contribution in [2.75, 3.05) is 26.2 Å². The lowest BCUT2D eigenvalue weighted by atomic mass is 10.1. The Morgan fingerprint density at radius 3 is 2.56 bits per heavy atom. The van der Waals surface area contributed by atoms with Gasteiger partial charge in [0.1, 0.15) is 5.76 Å². The van der Waals surface area contributed by atoms with Crippen molar-refractivity contribution in [3.63, 3.8) is 0 Å². The molecular weight excluding hydrogens is 342 g/mol. The molecule has 0 aromatic carbocycles. The van der Waals surface area contributed by atoms with Gasteiger partial charge in [-0.15, -0.1) is 0 Å². The Kier molecular flexibility index (Phi) is 5.04. The van der Waals surface area contributed by atoms with Crippen molar-refractivity contribution in [1.29, 1.82) is 0 Å². The predicted octanol–water partition coefficient (Wildman–Crippen LogP) is 2.73. The number of carbonyl (C=O) groups excluding carboxylic acids is 1. The summed E-state index contributed by atoms with van der Waals surface area (Å²) < 4.78 is 7.74. The third-order valence-corrected chi connectivity index (χ3v) is 5.60. The van der Waals surface area contributed by atoms with Crippen LogP contribution in [0.2, 0.25) is 0 Å². The van der Waals surface area contributed by atoms with Crippen molar-refractivity contribution in [2.24, 2.45) is 0 Å². The molecule has 0 spiro atoms. The van der Waals surface area contributed by atoms with Gasteiger partial charge in [-0.3, -0.25) is 14.4 Å². The monoisotopic (exact) mass is 371 g/mol. The molecule has 7 nitrogen and oxygen atoms in total. The Bertz CT molecular complexity index is 793. The van der Waals surface area contributed by atoms with E-state index >= 15 is 0 Å². The van der Waals surface area contributed by atoms with Crippen molar-refractivity contribution in [2.45, 2.75) is 59.0 Å². The number of hydrogen-bond acceptors (Lipinski definition) is 5. The van der Waals surface area contributed by atoms with E-state index in [-0.39, 0.29) is 5.91 Å². The minimum absolute atomic E-state index is 0.140. The topological polar surface area (TPSA) is 67.4 Å². The number of oxazole rings is 1. The van der Waals surface area contributed by atoms with Crippen LogP contribution >= 0.6 is 0 Å². The summed E-state index contributed by atoms with van der Waals surface area (Å²) in [5.41, 5.74) is 2.93. The minimum Gasteiger partial charge on any atom is -0.444 e. The first-order valence-corrected chi connectivity index (χ1v) is 10.1. The smallest absolute Gasteiger partial charge is 0.257 e. The number of aryl methyl sites for hydroxylation is 3. The molecule has 27 heavy (non-hydrogen) atoms. The summed E-state index contributed by atoms with van der Waals surface area (Å²) in [4.78, 5) is 21.8. The highest BCUT2D eigenvalue weighted by atomic mass is 16.4. The average molecular weight is 371 g/mol. The number of aromatic nitrogens is 3. The normalized spacial score (nSPS) is 18.3. The van der Waals surface area contributed by atoms with Crippen LogP contribution in [0.25, 0.3) is 0 Å². The molecule has 0 radical (unpaired) electrons. The fourth-order valence-electron chi connectivity index (χ4n) is 3.81. The molecule has 146 valence electrons. The summed E-state index contributed by atoms with van der Waals surface area (Å²) in [6.07, 6.45) is 5.18. The van der Waals surface area contributed by atoms with Crippen LogP contribution in [0.5, 0.6) is 0 Å². The third-order valence-electron chi connectivity index (χ3n) is 5.60. The van der Waals surface area contributed by atoms with Crippen LogP contribution in [0.15, 0.2) is 10.6 Å². The van der Waals surface area contributed by atoms with Crippen molar-refractivity contribution in [1.82, 2.24) is 24.6 Å². The molecule has 1 aliphatic carbocycles. The molecule has 1 aliphatic heterocycles. The molecule has 2 aliphatic rings. The number of nitrogens with zero attached hydrogens (tertiary/aromatic N) is 5. The summed E-state index contributed by atoms with van der Waals surface area (Å²) in [5, 5.41) is 4.50. The Morgan fingerprint density at radius 1 is 1.22 bits per heavy atom. The summed E-state index contributed by atoms with van der Waals surface area (Å²) in [5.74, 6) is 2.31. The number of carbonyl (C=O) groups is 1. The van der Waals surface area contributed by atoms with Crippen LogP contribution in [0.1, 0.15) is 65.5 Å². The molecule has 7 heteroatoms. The second-order valence-corrected chi connectivity index (χ2v) is 7.76. The maximum Gasteiger partial charge on any atom is 0.257 e. The Hall–Kier alpha value is -2.15. The van der Waals surface area contributed by atoms with Gasteiger partial charge >= 0.3 is 0 Å². The van der Waals surface area contributed by atoms with Gasteiger partial charge in [0.25, 0.3) is 5.91 Å². The van der Waals surface area contributed by atoms with Crippen LogP contribution in [-0.4, -0.2) is 56.7 Å². The van der Waals surface area contributed by atoms with E-state index in [1.165, 1.54) is 12.8 Å². The Morgan fingerprint density at radius 2 is 1.96 bits per heavy atom. The molecule has 4 rings (SSSR count). The van der Waals surface area contributed by atoms with Crippen LogP contribution in [0.3, 0.4) is 0 Å². The molecular formula is C20H29N5O2. The van der Waals surface area contributed by atoms with Gasteiger partial charge in [0.15, 0.2) is 0 Å². The zero-order valence-corrected chi connectivity index (χ0v) is 16.6. The van der Waals surface area contributed by atoms with E-state index in [9.17, 15) is 4.79 Å². The maximum absolute atomic E-state index is 13.1.